The molecular formula is C23H24N2O4. The summed E-state index contributed by atoms with van der Waals surface area (Å²) in [5.41, 5.74) is 4.19. The number of carbonyl (C=O) groups is 2. The monoisotopic (exact) mass is 392 g/mol. The summed E-state index contributed by atoms with van der Waals surface area (Å²) in [5.74, 6) is -0.929. The molecule has 29 heavy (non-hydrogen) atoms. The van der Waals surface area contributed by atoms with Crippen molar-refractivity contribution in [3.05, 3.63) is 65.4 Å². The molecule has 0 saturated heterocycles. The molecule has 0 aliphatic heterocycles. The highest BCUT2D eigenvalue weighted by Crippen LogP contribution is 2.27. The van der Waals surface area contributed by atoms with Crippen molar-refractivity contribution in [1.29, 1.82) is 0 Å². The largest absolute Gasteiger partial charge is 0.478 e. The number of benzene rings is 2. The molecule has 0 spiro atoms. The van der Waals surface area contributed by atoms with E-state index in [1.54, 1.807) is 12.1 Å². The number of nitrogens with one attached hydrogen (secondary N) is 1. The lowest BCUT2D eigenvalue weighted by Crippen LogP contribution is -2.20. The van der Waals surface area contributed by atoms with Crippen molar-refractivity contribution in [3.8, 4) is 0 Å². The number of anilines is 1. The molecule has 1 aromatic heterocycles. The number of hydrogen-bond donors (Lipinski definition) is 2. The average molecular weight is 392 g/mol. The number of nitrogens with zero attached hydrogens (tertiary/aromatic N) is 1. The zero-order chi connectivity index (χ0) is 20.4. The van der Waals surface area contributed by atoms with Gasteiger partial charge in [0.15, 0.2) is 0 Å². The number of amides is 1. The number of aryl methyl sites for hydroxylation is 1. The van der Waals surface area contributed by atoms with Crippen LogP contribution in [0.2, 0.25) is 0 Å². The number of rotatable bonds is 5. The maximum absolute atomic E-state index is 12.2. The molecule has 1 saturated carbocycles. The van der Waals surface area contributed by atoms with Crippen LogP contribution in [0, 0.1) is 0 Å². The van der Waals surface area contributed by atoms with E-state index in [0.29, 0.717) is 12.1 Å². The lowest BCUT2D eigenvalue weighted by atomic mass is 10.0. The van der Waals surface area contributed by atoms with Crippen molar-refractivity contribution in [1.82, 2.24) is 4.57 Å². The van der Waals surface area contributed by atoms with Gasteiger partial charge in [0.25, 0.3) is 0 Å². The quantitative estimate of drug-likeness (QED) is 0.643. The summed E-state index contributed by atoms with van der Waals surface area (Å²) < 4.78 is 7.54. The zero-order valence-corrected chi connectivity index (χ0v) is 16.4. The highest BCUT2D eigenvalue weighted by molar-refractivity contribution is 5.92. The smallest absolute Gasteiger partial charge is 0.411 e. The fourth-order valence-electron chi connectivity index (χ4n) is 3.98. The summed E-state index contributed by atoms with van der Waals surface area (Å²) in [6.45, 7) is 0. The Labute approximate surface area is 169 Å². The number of aromatic nitrogens is 1. The van der Waals surface area contributed by atoms with E-state index >= 15 is 0 Å². The van der Waals surface area contributed by atoms with Crippen LogP contribution in [0.5, 0.6) is 0 Å². The molecule has 4 rings (SSSR count). The Balaban J connectivity index is 1.53. The van der Waals surface area contributed by atoms with E-state index in [-0.39, 0.29) is 11.7 Å². The molecule has 1 heterocycles. The summed E-state index contributed by atoms with van der Waals surface area (Å²) in [6, 6.07) is 12.7. The van der Waals surface area contributed by atoms with Gasteiger partial charge in [-0.1, -0.05) is 12.1 Å². The van der Waals surface area contributed by atoms with Crippen LogP contribution in [0.4, 0.5) is 10.5 Å². The molecule has 1 fully saturated rings. The highest BCUT2D eigenvalue weighted by Gasteiger charge is 2.19. The van der Waals surface area contributed by atoms with Crippen LogP contribution in [0.3, 0.4) is 0 Å². The standard InChI is InChI=1S/C23H24N2O4/c1-25-14-17(12-15-6-8-16(9-7-15)22(26)27)20-13-18(10-11-21(20)25)24-23(28)29-19-4-2-3-5-19/h6-11,13-14,19H,2-5,12H2,1H3,(H,24,28)(H,26,27). The molecule has 1 amide bonds. The Morgan fingerprint density at radius 1 is 1.14 bits per heavy atom. The van der Waals surface area contributed by atoms with Crippen LogP contribution in [0.15, 0.2) is 48.7 Å². The summed E-state index contributed by atoms with van der Waals surface area (Å²) in [6.07, 6.45) is 6.48. The molecule has 2 N–H and O–H groups in total. The van der Waals surface area contributed by atoms with E-state index in [1.807, 2.05) is 37.4 Å². The van der Waals surface area contributed by atoms with Crippen LogP contribution in [0.1, 0.15) is 47.2 Å². The molecule has 0 radical (unpaired) electrons. The van der Waals surface area contributed by atoms with Crippen LogP contribution < -0.4 is 5.32 Å². The number of fused-ring (bicyclic) bond motifs is 1. The predicted molar refractivity (Wildman–Crippen MR) is 111 cm³/mol. The van der Waals surface area contributed by atoms with Gasteiger partial charge in [-0.2, -0.15) is 0 Å². The van der Waals surface area contributed by atoms with Gasteiger partial charge in [-0.25, -0.2) is 9.59 Å². The van der Waals surface area contributed by atoms with E-state index < -0.39 is 12.1 Å². The van der Waals surface area contributed by atoms with E-state index in [0.717, 1.165) is 47.7 Å². The van der Waals surface area contributed by atoms with Crippen LogP contribution >= 0.6 is 0 Å². The molecule has 0 atom stereocenters. The predicted octanol–water partition coefficient (Wildman–Crippen LogP) is 4.96. The van der Waals surface area contributed by atoms with Gasteiger partial charge in [-0.05, 0) is 73.6 Å². The SMILES string of the molecule is Cn1cc(Cc2ccc(C(=O)O)cc2)c2cc(NC(=O)OC3CCCC3)ccc21. The summed E-state index contributed by atoms with van der Waals surface area (Å²) in [5, 5.41) is 12.9. The summed E-state index contributed by atoms with van der Waals surface area (Å²) in [4.78, 5) is 23.2. The Morgan fingerprint density at radius 2 is 1.86 bits per heavy atom. The molecule has 150 valence electrons. The first kappa shape index (κ1) is 19.1. The summed E-state index contributed by atoms with van der Waals surface area (Å²) in [7, 11) is 1.99. The van der Waals surface area contributed by atoms with Crippen LogP contribution in [-0.4, -0.2) is 27.8 Å². The van der Waals surface area contributed by atoms with Crippen molar-refractivity contribution in [2.24, 2.45) is 7.05 Å². The molecule has 6 nitrogen and oxygen atoms in total. The first-order valence-corrected chi connectivity index (χ1v) is 9.87. The average Bonchev–Trinajstić information content (AvgIpc) is 3.30. The number of carboxylic acids is 1. The van der Waals surface area contributed by atoms with Gasteiger partial charge < -0.3 is 14.4 Å². The van der Waals surface area contributed by atoms with E-state index in [2.05, 4.69) is 16.1 Å². The Kier molecular flexibility index (Phi) is 5.25. The van der Waals surface area contributed by atoms with Gasteiger partial charge in [0.2, 0.25) is 0 Å². The Hall–Kier alpha value is -3.28. The minimum absolute atomic E-state index is 0.0276. The van der Waals surface area contributed by atoms with Gasteiger partial charge in [0, 0.05) is 29.8 Å². The van der Waals surface area contributed by atoms with Crippen LogP contribution in [0.25, 0.3) is 10.9 Å². The Bertz CT molecular complexity index is 1050. The molecule has 1 aliphatic rings. The number of carbonyl (C=O) groups excluding carboxylic acids is 1. The van der Waals surface area contributed by atoms with Crippen molar-refractivity contribution in [3.63, 3.8) is 0 Å². The molecule has 3 aromatic rings. The maximum atomic E-state index is 12.2. The second-order valence-corrected chi connectivity index (χ2v) is 7.61. The highest BCUT2D eigenvalue weighted by atomic mass is 16.6. The minimum atomic E-state index is -0.929. The van der Waals surface area contributed by atoms with Crippen LogP contribution in [-0.2, 0) is 18.2 Å². The normalized spacial score (nSPS) is 14.2. The number of carboxylic acid groups (broad SMARTS) is 1. The fourth-order valence-corrected chi connectivity index (χ4v) is 3.98. The van der Waals surface area contributed by atoms with Gasteiger partial charge in [0.05, 0.1) is 5.56 Å². The third kappa shape index (κ3) is 4.26. The third-order valence-corrected chi connectivity index (χ3v) is 5.49. The lowest BCUT2D eigenvalue weighted by molar-refractivity contribution is 0.0696. The topological polar surface area (TPSA) is 80.6 Å². The minimum Gasteiger partial charge on any atom is -0.478 e. The van der Waals surface area contributed by atoms with Gasteiger partial charge in [0.1, 0.15) is 6.10 Å². The van der Waals surface area contributed by atoms with Crippen molar-refractivity contribution >= 4 is 28.7 Å². The van der Waals surface area contributed by atoms with E-state index in [4.69, 9.17) is 9.84 Å². The lowest BCUT2D eigenvalue weighted by Gasteiger charge is -2.12. The van der Waals surface area contributed by atoms with E-state index in [1.165, 1.54) is 0 Å². The number of hydrogen-bond acceptors (Lipinski definition) is 3. The molecular weight excluding hydrogens is 368 g/mol. The molecule has 0 bridgehead atoms. The molecule has 1 aliphatic carbocycles. The van der Waals surface area contributed by atoms with Gasteiger partial charge in [-0.3, -0.25) is 5.32 Å². The van der Waals surface area contributed by atoms with Gasteiger partial charge >= 0.3 is 12.1 Å². The first-order valence-electron chi connectivity index (χ1n) is 9.87. The van der Waals surface area contributed by atoms with Crippen molar-refractivity contribution in [2.45, 2.75) is 38.2 Å². The fraction of sp³-hybridized carbons (Fsp3) is 0.304. The molecule has 2 aromatic carbocycles. The number of aromatic carboxylic acids is 1. The third-order valence-electron chi connectivity index (χ3n) is 5.49. The maximum Gasteiger partial charge on any atom is 0.411 e. The van der Waals surface area contributed by atoms with Gasteiger partial charge in [-0.15, -0.1) is 0 Å². The van der Waals surface area contributed by atoms with Crippen molar-refractivity contribution < 1.29 is 19.4 Å². The second-order valence-electron chi connectivity index (χ2n) is 7.61. The van der Waals surface area contributed by atoms with Crippen molar-refractivity contribution in [2.75, 3.05) is 5.32 Å². The van der Waals surface area contributed by atoms with E-state index in [9.17, 15) is 9.59 Å². The zero-order valence-electron chi connectivity index (χ0n) is 16.4. The summed E-state index contributed by atoms with van der Waals surface area (Å²) >= 11 is 0. The molecule has 6 heteroatoms. The molecule has 0 unspecified atom stereocenters. The second kappa shape index (κ2) is 7.99. The first-order chi connectivity index (χ1) is 14.0. The number of ether oxygens (including phenoxy) is 1. The Morgan fingerprint density at radius 3 is 2.55 bits per heavy atom.